The fraction of sp³-hybridized carbons (Fsp3) is 0.316. The van der Waals surface area contributed by atoms with E-state index in [-0.39, 0.29) is 30.4 Å². The minimum Gasteiger partial charge on any atom is -0.484 e. The average Bonchev–Trinajstić information content (AvgIpc) is 3.39. The van der Waals surface area contributed by atoms with E-state index >= 15 is 0 Å². The number of hydrogen-bond acceptors (Lipinski definition) is 2. The Morgan fingerprint density at radius 3 is 2.54 bits per heavy atom. The van der Waals surface area contributed by atoms with Crippen molar-refractivity contribution >= 4 is 17.5 Å². The van der Waals surface area contributed by atoms with Crippen molar-refractivity contribution in [2.24, 2.45) is 0 Å². The van der Waals surface area contributed by atoms with Crippen LogP contribution in [-0.4, -0.2) is 23.5 Å². The summed E-state index contributed by atoms with van der Waals surface area (Å²) in [5.41, 5.74) is 0.532. The molecule has 1 fully saturated rings. The van der Waals surface area contributed by atoms with Crippen molar-refractivity contribution in [3.8, 4) is 5.75 Å². The highest BCUT2D eigenvalue weighted by Crippen LogP contribution is 2.35. The van der Waals surface area contributed by atoms with Crippen LogP contribution in [0.25, 0.3) is 0 Å². The number of carbonyl (C=O) groups is 1. The summed E-state index contributed by atoms with van der Waals surface area (Å²) in [6, 6.07) is 13.3. The molecule has 0 aromatic heterocycles. The van der Waals surface area contributed by atoms with Crippen molar-refractivity contribution < 1.29 is 13.9 Å². The van der Waals surface area contributed by atoms with Crippen molar-refractivity contribution in [3.63, 3.8) is 0 Å². The topological polar surface area (TPSA) is 29.5 Å². The van der Waals surface area contributed by atoms with Crippen molar-refractivity contribution in [2.45, 2.75) is 31.8 Å². The standard InChI is InChI=1S/C19H19ClFNO2/c1-13(17-4-2-3-5-18(17)21)22(15-8-9-15)19(23)12-24-16-10-6-14(20)7-11-16/h2-7,10-11,13,15H,8-9,12H2,1H3. The van der Waals surface area contributed by atoms with Gasteiger partial charge in [-0.3, -0.25) is 4.79 Å². The molecule has 5 heteroatoms. The highest BCUT2D eigenvalue weighted by molar-refractivity contribution is 6.30. The summed E-state index contributed by atoms with van der Waals surface area (Å²) in [6.45, 7) is 1.79. The summed E-state index contributed by atoms with van der Waals surface area (Å²) in [5, 5.41) is 0.612. The van der Waals surface area contributed by atoms with Gasteiger partial charge in [0.1, 0.15) is 11.6 Å². The van der Waals surface area contributed by atoms with Gasteiger partial charge < -0.3 is 9.64 Å². The van der Waals surface area contributed by atoms with Crippen molar-refractivity contribution in [2.75, 3.05) is 6.61 Å². The van der Waals surface area contributed by atoms with Crippen LogP contribution in [0.2, 0.25) is 5.02 Å². The molecule has 0 aliphatic heterocycles. The molecule has 0 heterocycles. The zero-order valence-electron chi connectivity index (χ0n) is 13.4. The molecule has 0 radical (unpaired) electrons. The van der Waals surface area contributed by atoms with E-state index in [2.05, 4.69) is 0 Å². The fourth-order valence-electron chi connectivity index (χ4n) is 2.80. The van der Waals surface area contributed by atoms with Crippen LogP contribution >= 0.6 is 11.6 Å². The van der Waals surface area contributed by atoms with E-state index in [1.807, 2.05) is 6.92 Å². The molecule has 0 bridgehead atoms. The molecule has 0 spiro atoms. The molecule has 24 heavy (non-hydrogen) atoms. The molecule has 1 unspecified atom stereocenters. The van der Waals surface area contributed by atoms with Gasteiger partial charge in [-0.2, -0.15) is 0 Å². The molecule has 126 valence electrons. The molecule has 2 aromatic carbocycles. The highest BCUT2D eigenvalue weighted by Gasteiger charge is 2.37. The fourth-order valence-corrected chi connectivity index (χ4v) is 2.93. The number of benzene rings is 2. The third-order valence-electron chi connectivity index (χ3n) is 4.18. The number of carbonyl (C=O) groups excluding carboxylic acids is 1. The largest absolute Gasteiger partial charge is 0.484 e. The normalized spacial score (nSPS) is 15.0. The molecule has 1 aliphatic rings. The maximum absolute atomic E-state index is 14.1. The lowest BCUT2D eigenvalue weighted by Gasteiger charge is -2.30. The van der Waals surface area contributed by atoms with E-state index in [0.29, 0.717) is 16.3 Å². The first-order chi connectivity index (χ1) is 11.6. The molecule has 0 N–H and O–H groups in total. The van der Waals surface area contributed by atoms with Crippen LogP contribution in [-0.2, 0) is 4.79 Å². The summed E-state index contributed by atoms with van der Waals surface area (Å²) in [5.74, 6) is 0.160. The Labute approximate surface area is 146 Å². The second-order valence-corrected chi connectivity index (χ2v) is 6.41. The summed E-state index contributed by atoms with van der Waals surface area (Å²) in [6.07, 6.45) is 1.90. The van der Waals surface area contributed by atoms with Crippen LogP contribution in [0, 0.1) is 5.82 Å². The summed E-state index contributed by atoms with van der Waals surface area (Å²) in [7, 11) is 0. The van der Waals surface area contributed by atoms with Gasteiger partial charge in [-0.15, -0.1) is 0 Å². The molecule has 3 nitrogen and oxygen atoms in total. The molecule has 1 saturated carbocycles. The van der Waals surface area contributed by atoms with E-state index in [0.717, 1.165) is 12.8 Å². The maximum Gasteiger partial charge on any atom is 0.261 e. The van der Waals surface area contributed by atoms with Crippen LogP contribution in [0.15, 0.2) is 48.5 Å². The average molecular weight is 348 g/mol. The monoisotopic (exact) mass is 347 g/mol. The molecular weight excluding hydrogens is 329 g/mol. The Balaban J connectivity index is 1.70. The van der Waals surface area contributed by atoms with E-state index in [1.54, 1.807) is 47.4 Å². The lowest BCUT2D eigenvalue weighted by molar-refractivity contribution is -0.136. The molecular formula is C19H19ClFNO2. The van der Waals surface area contributed by atoms with Gasteiger partial charge in [0, 0.05) is 16.6 Å². The van der Waals surface area contributed by atoms with Crippen LogP contribution < -0.4 is 4.74 Å². The minimum atomic E-state index is -0.319. The first-order valence-electron chi connectivity index (χ1n) is 8.00. The SMILES string of the molecule is CC(c1ccccc1F)N(C(=O)COc1ccc(Cl)cc1)C1CC1. The molecule has 0 saturated heterocycles. The van der Waals surface area contributed by atoms with Gasteiger partial charge in [0.25, 0.3) is 5.91 Å². The summed E-state index contributed by atoms with van der Waals surface area (Å²) in [4.78, 5) is 14.4. The predicted octanol–water partition coefficient (Wildman–Crippen LogP) is 4.61. The number of rotatable bonds is 6. The Bertz CT molecular complexity index is 716. The van der Waals surface area contributed by atoms with Gasteiger partial charge in [-0.25, -0.2) is 4.39 Å². The van der Waals surface area contributed by atoms with Gasteiger partial charge in [0.2, 0.25) is 0 Å². The van der Waals surface area contributed by atoms with Gasteiger partial charge in [0.05, 0.1) is 6.04 Å². The van der Waals surface area contributed by atoms with Gasteiger partial charge in [-0.1, -0.05) is 29.8 Å². The number of hydrogen-bond donors (Lipinski definition) is 0. The van der Waals surface area contributed by atoms with Gasteiger partial charge in [0.15, 0.2) is 6.61 Å². The lowest BCUT2D eigenvalue weighted by atomic mass is 10.1. The zero-order valence-corrected chi connectivity index (χ0v) is 14.2. The van der Waals surface area contributed by atoms with Crippen molar-refractivity contribution in [1.82, 2.24) is 4.90 Å². The Morgan fingerprint density at radius 2 is 1.92 bits per heavy atom. The Kier molecular flexibility index (Phi) is 5.05. The lowest BCUT2D eigenvalue weighted by Crippen LogP contribution is -2.39. The van der Waals surface area contributed by atoms with Crippen molar-refractivity contribution in [3.05, 3.63) is 64.9 Å². The first-order valence-corrected chi connectivity index (χ1v) is 8.38. The van der Waals surface area contributed by atoms with Gasteiger partial charge >= 0.3 is 0 Å². The summed E-state index contributed by atoms with van der Waals surface area (Å²) >= 11 is 5.83. The minimum absolute atomic E-state index is 0.0725. The van der Waals surface area contributed by atoms with E-state index in [1.165, 1.54) is 6.07 Å². The third kappa shape index (κ3) is 3.88. The predicted molar refractivity (Wildman–Crippen MR) is 91.6 cm³/mol. The van der Waals surface area contributed by atoms with Crippen LogP contribution in [0.4, 0.5) is 4.39 Å². The Morgan fingerprint density at radius 1 is 1.25 bits per heavy atom. The molecule has 1 atom stereocenters. The van der Waals surface area contributed by atoms with Crippen molar-refractivity contribution in [1.29, 1.82) is 0 Å². The smallest absolute Gasteiger partial charge is 0.261 e. The highest BCUT2D eigenvalue weighted by atomic mass is 35.5. The van der Waals surface area contributed by atoms with Crippen LogP contribution in [0.5, 0.6) is 5.75 Å². The zero-order chi connectivity index (χ0) is 17.1. The van der Waals surface area contributed by atoms with Gasteiger partial charge in [-0.05, 0) is 50.1 Å². The summed E-state index contributed by atoms with van der Waals surface area (Å²) < 4.78 is 19.6. The van der Waals surface area contributed by atoms with Crippen LogP contribution in [0.1, 0.15) is 31.4 Å². The first kappa shape index (κ1) is 16.8. The second kappa shape index (κ2) is 7.22. The van der Waals surface area contributed by atoms with E-state index in [9.17, 15) is 9.18 Å². The third-order valence-corrected chi connectivity index (χ3v) is 4.43. The number of halogens is 2. The van der Waals surface area contributed by atoms with E-state index < -0.39 is 0 Å². The number of ether oxygens (including phenoxy) is 1. The molecule has 1 aliphatic carbocycles. The van der Waals surface area contributed by atoms with E-state index in [4.69, 9.17) is 16.3 Å². The Hall–Kier alpha value is -2.07. The molecule has 1 amide bonds. The number of nitrogens with zero attached hydrogens (tertiary/aromatic N) is 1. The molecule has 3 rings (SSSR count). The maximum atomic E-state index is 14.1. The second-order valence-electron chi connectivity index (χ2n) is 5.97. The quantitative estimate of drug-likeness (QED) is 0.763. The number of amides is 1. The van der Waals surface area contributed by atoms with Crippen LogP contribution in [0.3, 0.4) is 0 Å². The molecule has 2 aromatic rings.